The number of nitrogens with zero attached hydrogens (tertiary/aromatic N) is 2. The van der Waals surface area contributed by atoms with Crippen LogP contribution in [0, 0.1) is 0 Å². The van der Waals surface area contributed by atoms with Crippen molar-refractivity contribution < 1.29 is 9.84 Å². The van der Waals surface area contributed by atoms with Gasteiger partial charge in [-0.3, -0.25) is 9.80 Å². The Balaban J connectivity index is 1.83. The van der Waals surface area contributed by atoms with E-state index in [4.69, 9.17) is 9.84 Å². The third-order valence-electron chi connectivity index (χ3n) is 3.88. The number of piperazine rings is 1. The van der Waals surface area contributed by atoms with Gasteiger partial charge >= 0.3 is 0 Å². The average molecular weight is 290 g/mol. The van der Waals surface area contributed by atoms with E-state index in [1.165, 1.54) is 11.1 Å². The predicted molar refractivity (Wildman–Crippen MR) is 86.6 cm³/mol. The van der Waals surface area contributed by atoms with Crippen molar-refractivity contribution in [3.8, 4) is 5.75 Å². The summed E-state index contributed by atoms with van der Waals surface area (Å²) in [5, 5.41) is 8.96. The Morgan fingerprint density at radius 2 is 1.76 bits per heavy atom. The third kappa shape index (κ3) is 5.16. The zero-order chi connectivity index (χ0) is 15.1. The molecule has 21 heavy (non-hydrogen) atoms. The molecule has 1 aliphatic heterocycles. The van der Waals surface area contributed by atoms with E-state index in [9.17, 15) is 0 Å². The second-order valence-electron chi connectivity index (χ2n) is 5.61. The molecule has 1 aliphatic rings. The lowest BCUT2D eigenvalue weighted by Gasteiger charge is -2.34. The fourth-order valence-electron chi connectivity index (χ4n) is 2.70. The van der Waals surface area contributed by atoms with Crippen molar-refractivity contribution in [3.05, 3.63) is 35.4 Å². The summed E-state index contributed by atoms with van der Waals surface area (Å²) in [6, 6.07) is 8.16. The molecule has 0 unspecified atom stereocenters. The Kier molecular flexibility index (Phi) is 6.23. The second kappa shape index (κ2) is 8.17. The van der Waals surface area contributed by atoms with Gasteiger partial charge in [0.2, 0.25) is 0 Å². The van der Waals surface area contributed by atoms with Crippen LogP contribution in [0.5, 0.6) is 5.75 Å². The smallest absolute Gasteiger partial charge is 0.118 e. The van der Waals surface area contributed by atoms with E-state index in [-0.39, 0.29) is 6.61 Å². The molecule has 1 fully saturated rings. The Morgan fingerprint density at radius 1 is 1.14 bits per heavy atom. The number of methoxy groups -OCH3 is 1. The summed E-state index contributed by atoms with van der Waals surface area (Å²) in [5.41, 5.74) is 2.59. The zero-order valence-corrected chi connectivity index (χ0v) is 13.1. The summed E-state index contributed by atoms with van der Waals surface area (Å²) in [6.45, 7) is 8.52. The van der Waals surface area contributed by atoms with Crippen LogP contribution in [0.25, 0.3) is 6.08 Å². The van der Waals surface area contributed by atoms with Crippen molar-refractivity contribution in [1.82, 2.24) is 9.80 Å². The van der Waals surface area contributed by atoms with E-state index >= 15 is 0 Å². The molecule has 1 heterocycles. The van der Waals surface area contributed by atoms with E-state index in [1.54, 1.807) is 7.11 Å². The van der Waals surface area contributed by atoms with Crippen molar-refractivity contribution in [3.63, 3.8) is 0 Å². The largest absolute Gasteiger partial charge is 0.497 e. The first-order chi connectivity index (χ1) is 10.2. The quantitative estimate of drug-likeness (QED) is 0.865. The third-order valence-corrected chi connectivity index (χ3v) is 3.88. The number of β-amino-alcohol motifs (C(OH)–C–C–N with tert-alkyl or cyclic N) is 1. The van der Waals surface area contributed by atoms with E-state index in [2.05, 4.69) is 34.9 Å². The van der Waals surface area contributed by atoms with Gasteiger partial charge in [0.05, 0.1) is 13.7 Å². The lowest BCUT2D eigenvalue weighted by atomic mass is 10.1. The fourth-order valence-corrected chi connectivity index (χ4v) is 2.70. The molecule has 1 N–H and O–H groups in total. The van der Waals surface area contributed by atoms with Gasteiger partial charge in [-0.05, 0) is 24.6 Å². The van der Waals surface area contributed by atoms with Crippen molar-refractivity contribution in [1.29, 1.82) is 0 Å². The van der Waals surface area contributed by atoms with Crippen molar-refractivity contribution in [2.75, 3.05) is 53.0 Å². The molecular weight excluding hydrogens is 264 g/mol. The molecule has 4 heteroatoms. The van der Waals surface area contributed by atoms with Crippen LogP contribution in [0.4, 0.5) is 0 Å². The minimum absolute atomic E-state index is 0.260. The van der Waals surface area contributed by atoms with Crippen molar-refractivity contribution >= 4 is 6.08 Å². The first-order valence-corrected chi connectivity index (χ1v) is 7.58. The van der Waals surface area contributed by atoms with Gasteiger partial charge in [0, 0.05) is 39.3 Å². The zero-order valence-electron chi connectivity index (χ0n) is 13.1. The average Bonchev–Trinajstić information content (AvgIpc) is 2.50. The molecule has 0 aliphatic carbocycles. The maximum Gasteiger partial charge on any atom is 0.118 e. The Hall–Kier alpha value is -1.36. The van der Waals surface area contributed by atoms with Crippen LogP contribution in [-0.4, -0.2) is 67.9 Å². The van der Waals surface area contributed by atoms with Gasteiger partial charge in [-0.2, -0.15) is 0 Å². The van der Waals surface area contributed by atoms with Gasteiger partial charge in [0.1, 0.15) is 5.75 Å². The Bertz CT molecular complexity index is 448. The fraction of sp³-hybridized carbons (Fsp3) is 0.529. The molecule has 2 rings (SSSR count). The number of aliphatic hydroxyl groups excluding tert-OH is 1. The van der Waals surface area contributed by atoms with Gasteiger partial charge in [-0.15, -0.1) is 0 Å². The molecule has 4 nitrogen and oxygen atoms in total. The van der Waals surface area contributed by atoms with E-state index < -0.39 is 0 Å². The molecule has 0 aromatic heterocycles. The number of hydrogen-bond donors (Lipinski definition) is 1. The van der Waals surface area contributed by atoms with Crippen LogP contribution in [0.2, 0.25) is 0 Å². The minimum Gasteiger partial charge on any atom is -0.497 e. The SMILES string of the molecule is COc1ccc(/C=C(/C)CN2CCN(CCO)CC2)cc1. The van der Waals surface area contributed by atoms with Gasteiger partial charge in [-0.25, -0.2) is 0 Å². The van der Waals surface area contributed by atoms with Gasteiger partial charge in [0.25, 0.3) is 0 Å². The summed E-state index contributed by atoms with van der Waals surface area (Å²) in [7, 11) is 1.69. The molecule has 0 saturated carbocycles. The first kappa shape index (κ1) is 16.0. The lowest BCUT2D eigenvalue weighted by Crippen LogP contribution is -2.47. The molecule has 1 aromatic carbocycles. The van der Waals surface area contributed by atoms with Gasteiger partial charge < -0.3 is 9.84 Å². The van der Waals surface area contributed by atoms with E-state index in [0.717, 1.165) is 45.0 Å². The number of hydrogen-bond acceptors (Lipinski definition) is 4. The second-order valence-corrected chi connectivity index (χ2v) is 5.61. The molecule has 0 spiro atoms. The Labute approximate surface area is 127 Å². The molecule has 0 atom stereocenters. The summed E-state index contributed by atoms with van der Waals surface area (Å²) in [4.78, 5) is 4.79. The molecule has 0 amide bonds. The monoisotopic (exact) mass is 290 g/mol. The van der Waals surface area contributed by atoms with Gasteiger partial charge in [-0.1, -0.05) is 23.8 Å². The minimum atomic E-state index is 0.260. The molecule has 116 valence electrons. The van der Waals surface area contributed by atoms with Crippen LogP contribution < -0.4 is 4.74 Å². The highest BCUT2D eigenvalue weighted by atomic mass is 16.5. The van der Waals surface area contributed by atoms with Crippen LogP contribution in [-0.2, 0) is 0 Å². The summed E-state index contributed by atoms with van der Waals surface area (Å²) in [5.74, 6) is 0.893. The predicted octanol–water partition coefficient (Wildman–Crippen LogP) is 1.71. The summed E-state index contributed by atoms with van der Waals surface area (Å²) < 4.78 is 5.17. The highest BCUT2D eigenvalue weighted by Crippen LogP contribution is 2.14. The highest BCUT2D eigenvalue weighted by Gasteiger charge is 2.15. The normalized spacial score (nSPS) is 18.0. The van der Waals surface area contributed by atoms with Crippen LogP contribution >= 0.6 is 0 Å². The van der Waals surface area contributed by atoms with E-state index in [0.29, 0.717) is 0 Å². The standard InChI is InChI=1S/C17H26N2O2/c1-15(13-16-3-5-17(21-2)6-4-16)14-19-9-7-18(8-10-19)11-12-20/h3-6,13,20H,7-12,14H2,1-2H3/b15-13-. The van der Waals surface area contributed by atoms with E-state index in [1.807, 2.05) is 12.1 Å². The number of aliphatic hydroxyl groups is 1. The van der Waals surface area contributed by atoms with Crippen LogP contribution in [0.1, 0.15) is 12.5 Å². The maximum atomic E-state index is 8.96. The van der Waals surface area contributed by atoms with Crippen LogP contribution in [0.15, 0.2) is 29.8 Å². The first-order valence-electron chi connectivity index (χ1n) is 7.58. The number of rotatable bonds is 6. The van der Waals surface area contributed by atoms with Gasteiger partial charge in [0.15, 0.2) is 0 Å². The van der Waals surface area contributed by atoms with Crippen molar-refractivity contribution in [2.45, 2.75) is 6.92 Å². The topological polar surface area (TPSA) is 35.9 Å². The summed E-state index contributed by atoms with van der Waals surface area (Å²) in [6.07, 6.45) is 2.24. The van der Waals surface area contributed by atoms with Crippen LogP contribution in [0.3, 0.4) is 0 Å². The molecule has 1 saturated heterocycles. The van der Waals surface area contributed by atoms with Crippen molar-refractivity contribution in [2.24, 2.45) is 0 Å². The lowest BCUT2D eigenvalue weighted by molar-refractivity contribution is 0.118. The summed E-state index contributed by atoms with van der Waals surface area (Å²) >= 11 is 0. The number of ether oxygens (including phenoxy) is 1. The molecule has 0 radical (unpaired) electrons. The maximum absolute atomic E-state index is 8.96. The Morgan fingerprint density at radius 3 is 2.33 bits per heavy atom. The molecular formula is C17H26N2O2. The molecule has 1 aromatic rings. The molecule has 0 bridgehead atoms. The highest BCUT2D eigenvalue weighted by molar-refractivity contribution is 5.53. The number of benzene rings is 1.